The van der Waals surface area contributed by atoms with Crippen LogP contribution < -0.4 is 9.47 Å². The zero-order valence-corrected chi connectivity index (χ0v) is 12.0. The number of aromatic hydroxyl groups is 3. The van der Waals surface area contributed by atoms with Crippen molar-refractivity contribution in [2.24, 2.45) is 0 Å². The molecule has 3 N–H and O–H groups in total. The van der Waals surface area contributed by atoms with Crippen molar-refractivity contribution in [1.29, 1.82) is 0 Å². The second-order valence-electron chi connectivity index (χ2n) is 4.71. The van der Waals surface area contributed by atoms with E-state index in [1.165, 1.54) is 20.3 Å². The van der Waals surface area contributed by atoms with Crippen LogP contribution in [0.3, 0.4) is 0 Å². The Morgan fingerprint density at radius 3 is 1.86 bits per heavy atom. The third kappa shape index (κ3) is 3.51. The number of phenols is 3. The largest absolute Gasteiger partial charge is 0.508 e. The van der Waals surface area contributed by atoms with Crippen LogP contribution in [-0.2, 0) is 12.8 Å². The maximum atomic E-state index is 9.75. The van der Waals surface area contributed by atoms with Crippen LogP contribution in [0.1, 0.15) is 11.1 Å². The molecule has 2 aromatic carbocycles. The molecule has 0 radical (unpaired) electrons. The van der Waals surface area contributed by atoms with Gasteiger partial charge in [0.25, 0.3) is 0 Å². The molecular weight excluding hydrogens is 272 g/mol. The maximum Gasteiger partial charge on any atom is 0.202 e. The summed E-state index contributed by atoms with van der Waals surface area (Å²) in [5, 5.41) is 29.1. The molecule has 0 amide bonds. The molecule has 0 fully saturated rings. The van der Waals surface area contributed by atoms with E-state index in [-0.39, 0.29) is 23.0 Å². The van der Waals surface area contributed by atoms with Crippen molar-refractivity contribution in [2.45, 2.75) is 12.8 Å². The van der Waals surface area contributed by atoms with Crippen LogP contribution in [0.25, 0.3) is 0 Å². The zero-order valence-electron chi connectivity index (χ0n) is 12.0. The minimum Gasteiger partial charge on any atom is -0.508 e. The molecule has 2 rings (SSSR count). The van der Waals surface area contributed by atoms with Crippen LogP contribution in [0.5, 0.6) is 28.7 Å². The Morgan fingerprint density at radius 1 is 0.762 bits per heavy atom. The molecule has 0 aromatic heterocycles. The Bertz CT molecular complexity index is 614. The molecule has 0 bridgehead atoms. The monoisotopic (exact) mass is 290 g/mol. The molecule has 0 atom stereocenters. The van der Waals surface area contributed by atoms with E-state index in [0.29, 0.717) is 18.6 Å². The first-order valence-corrected chi connectivity index (χ1v) is 6.49. The molecule has 0 saturated heterocycles. The first-order valence-electron chi connectivity index (χ1n) is 6.49. The van der Waals surface area contributed by atoms with Crippen molar-refractivity contribution < 1.29 is 24.8 Å². The predicted octanol–water partition coefficient (Wildman–Crippen LogP) is 2.61. The first kappa shape index (κ1) is 14.8. The molecule has 0 aliphatic heterocycles. The van der Waals surface area contributed by atoms with Crippen LogP contribution in [0.2, 0.25) is 0 Å². The fraction of sp³-hybridized carbons (Fsp3) is 0.250. The van der Waals surface area contributed by atoms with Crippen LogP contribution in [0, 0.1) is 0 Å². The number of phenolic OH excluding ortho intramolecular Hbond substituents is 3. The summed E-state index contributed by atoms with van der Waals surface area (Å²) in [6.45, 7) is 0. The van der Waals surface area contributed by atoms with Gasteiger partial charge in [-0.3, -0.25) is 0 Å². The van der Waals surface area contributed by atoms with E-state index in [1.54, 1.807) is 18.2 Å². The van der Waals surface area contributed by atoms with Gasteiger partial charge in [-0.1, -0.05) is 0 Å². The molecule has 0 heterocycles. The average molecular weight is 290 g/mol. The minimum absolute atomic E-state index is 0.0674. The number of hydrogen-bond acceptors (Lipinski definition) is 5. The molecule has 112 valence electrons. The van der Waals surface area contributed by atoms with Gasteiger partial charge in [0.1, 0.15) is 11.5 Å². The maximum absolute atomic E-state index is 9.75. The molecule has 0 aliphatic rings. The molecule has 5 heteroatoms. The van der Waals surface area contributed by atoms with E-state index in [1.807, 2.05) is 6.07 Å². The summed E-state index contributed by atoms with van der Waals surface area (Å²) in [6.07, 6.45) is 1.23. The average Bonchev–Trinajstić information content (AvgIpc) is 2.44. The topological polar surface area (TPSA) is 79.2 Å². The van der Waals surface area contributed by atoms with Crippen molar-refractivity contribution in [3.8, 4) is 28.7 Å². The fourth-order valence-electron chi connectivity index (χ4n) is 2.20. The number of aryl methyl sites for hydroxylation is 2. The number of hydrogen-bond donors (Lipinski definition) is 3. The first-order chi connectivity index (χ1) is 10.0. The number of benzene rings is 2. The lowest BCUT2D eigenvalue weighted by atomic mass is 10.0. The third-order valence-corrected chi connectivity index (χ3v) is 3.20. The van der Waals surface area contributed by atoms with Gasteiger partial charge in [-0.25, -0.2) is 0 Å². The minimum atomic E-state index is -0.0963. The molecule has 0 unspecified atom stereocenters. The summed E-state index contributed by atoms with van der Waals surface area (Å²) in [6, 6.07) is 8.14. The third-order valence-electron chi connectivity index (χ3n) is 3.20. The quantitative estimate of drug-likeness (QED) is 0.789. The van der Waals surface area contributed by atoms with E-state index >= 15 is 0 Å². The molecule has 2 aromatic rings. The van der Waals surface area contributed by atoms with Crippen LogP contribution in [0.4, 0.5) is 0 Å². The van der Waals surface area contributed by atoms with Crippen molar-refractivity contribution in [3.63, 3.8) is 0 Å². The fourth-order valence-corrected chi connectivity index (χ4v) is 2.20. The molecule has 21 heavy (non-hydrogen) atoms. The van der Waals surface area contributed by atoms with E-state index in [4.69, 9.17) is 9.47 Å². The summed E-state index contributed by atoms with van der Waals surface area (Å²) in [5.74, 6) is 0.606. The smallest absolute Gasteiger partial charge is 0.202 e. The number of ether oxygens (including phenoxy) is 2. The lowest BCUT2D eigenvalue weighted by Crippen LogP contribution is -1.94. The Hall–Kier alpha value is -2.56. The lowest BCUT2D eigenvalue weighted by Gasteiger charge is -2.10. The lowest BCUT2D eigenvalue weighted by molar-refractivity contribution is 0.344. The Kier molecular flexibility index (Phi) is 4.42. The van der Waals surface area contributed by atoms with Crippen LogP contribution in [0.15, 0.2) is 30.3 Å². The molecule has 5 nitrogen and oxygen atoms in total. The van der Waals surface area contributed by atoms with Crippen molar-refractivity contribution in [2.75, 3.05) is 14.2 Å². The van der Waals surface area contributed by atoms with E-state index in [9.17, 15) is 15.3 Å². The van der Waals surface area contributed by atoms with Crippen molar-refractivity contribution in [1.82, 2.24) is 0 Å². The standard InChI is InChI=1S/C16H18O5/c1-20-13-6-10(5-12(17)9-13)3-4-11-7-14(18)16(21-2)15(19)8-11/h5-9,17-19H,3-4H2,1-2H3. The summed E-state index contributed by atoms with van der Waals surface area (Å²) in [5.41, 5.74) is 1.68. The van der Waals surface area contributed by atoms with Gasteiger partial charge in [0, 0.05) is 6.07 Å². The number of methoxy groups -OCH3 is 2. The highest BCUT2D eigenvalue weighted by molar-refractivity contribution is 5.52. The highest BCUT2D eigenvalue weighted by Crippen LogP contribution is 2.36. The zero-order chi connectivity index (χ0) is 15.4. The van der Waals surface area contributed by atoms with Crippen molar-refractivity contribution >= 4 is 0 Å². The summed E-state index contributed by atoms with van der Waals surface area (Å²) >= 11 is 0. The summed E-state index contributed by atoms with van der Waals surface area (Å²) < 4.78 is 9.99. The predicted molar refractivity (Wildman–Crippen MR) is 78.4 cm³/mol. The SMILES string of the molecule is COc1cc(O)cc(CCc2cc(O)c(OC)c(O)c2)c1. The highest BCUT2D eigenvalue weighted by atomic mass is 16.5. The molecule has 0 saturated carbocycles. The van der Waals surface area contributed by atoms with Crippen LogP contribution >= 0.6 is 0 Å². The Balaban J connectivity index is 2.15. The highest BCUT2D eigenvalue weighted by Gasteiger charge is 2.10. The van der Waals surface area contributed by atoms with E-state index < -0.39 is 0 Å². The van der Waals surface area contributed by atoms with Gasteiger partial charge in [-0.15, -0.1) is 0 Å². The van der Waals surface area contributed by atoms with Gasteiger partial charge in [-0.2, -0.15) is 0 Å². The van der Waals surface area contributed by atoms with Gasteiger partial charge in [0.15, 0.2) is 11.5 Å². The number of rotatable bonds is 5. The van der Waals surface area contributed by atoms with Crippen molar-refractivity contribution in [3.05, 3.63) is 41.5 Å². The summed E-state index contributed by atoms with van der Waals surface area (Å²) in [7, 11) is 2.92. The second-order valence-corrected chi connectivity index (χ2v) is 4.71. The Morgan fingerprint density at radius 2 is 1.33 bits per heavy atom. The summed E-state index contributed by atoms with van der Waals surface area (Å²) in [4.78, 5) is 0. The van der Waals surface area contributed by atoms with E-state index in [0.717, 1.165) is 11.1 Å². The van der Waals surface area contributed by atoms with E-state index in [2.05, 4.69) is 0 Å². The van der Waals surface area contributed by atoms with Gasteiger partial charge >= 0.3 is 0 Å². The molecule has 0 spiro atoms. The molecular formula is C16H18O5. The van der Waals surface area contributed by atoms with Gasteiger partial charge in [-0.05, 0) is 48.2 Å². The second kappa shape index (κ2) is 6.26. The molecule has 0 aliphatic carbocycles. The van der Waals surface area contributed by atoms with Gasteiger partial charge < -0.3 is 24.8 Å². The van der Waals surface area contributed by atoms with Gasteiger partial charge in [0.2, 0.25) is 5.75 Å². The van der Waals surface area contributed by atoms with Gasteiger partial charge in [0.05, 0.1) is 14.2 Å². The normalized spacial score (nSPS) is 10.4. The van der Waals surface area contributed by atoms with Crippen LogP contribution in [-0.4, -0.2) is 29.5 Å². The Labute approximate surface area is 123 Å².